The second-order valence-corrected chi connectivity index (χ2v) is 8.37. The molecule has 0 unspecified atom stereocenters. The normalized spacial score (nSPS) is 11.6. The summed E-state index contributed by atoms with van der Waals surface area (Å²) in [5, 5.41) is 0.974. The number of ether oxygens (including phenoxy) is 1. The highest BCUT2D eigenvalue weighted by atomic mass is 32.2. The molecule has 0 aliphatic heterocycles. The number of rotatable bonds is 4. The van der Waals surface area contributed by atoms with E-state index in [1.54, 1.807) is 19.2 Å². The molecule has 2 aromatic carbocycles. The highest BCUT2D eigenvalue weighted by molar-refractivity contribution is 7.90. The molecule has 0 spiro atoms. The van der Waals surface area contributed by atoms with Gasteiger partial charge < -0.3 is 9.72 Å². The number of H-pyrrole nitrogens is 1. The standard InChI is InChI=1S/C21H18N2O3S/c1-26-17-5-3-4-15(10-17)16-11-19-20(13-23-21(19)22-12-16)14-6-8-18(9-7-14)27(2,24)25/h3-13H,1-2H3,(H,22,23). The van der Waals surface area contributed by atoms with Gasteiger partial charge in [0.25, 0.3) is 0 Å². The molecule has 0 saturated heterocycles. The Morgan fingerprint density at radius 1 is 0.963 bits per heavy atom. The molecule has 0 fully saturated rings. The first-order chi connectivity index (χ1) is 13.0. The lowest BCUT2D eigenvalue weighted by molar-refractivity contribution is 0.415. The Morgan fingerprint density at radius 2 is 1.74 bits per heavy atom. The second-order valence-electron chi connectivity index (χ2n) is 6.35. The van der Waals surface area contributed by atoms with Crippen LogP contribution in [0.15, 0.2) is 71.9 Å². The Kier molecular flexibility index (Phi) is 4.20. The van der Waals surface area contributed by atoms with Crippen LogP contribution in [0, 0.1) is 0 Å². The lowest BCUT2D eigenvalue weighted by Crippen LogP contribution is -1.96. The third kappa shape index (κ3) is 3.31. The molecule has 27 heavy (non-hydrogen) atoms. The van der Waals surface area contributed by atoms with Crippen LogP contribution < -0.4 is 4.74 Å². The summed E-state index contributed by atoms with van der Waals surface area (Å²) in [4.78, 5) is 8.01. The van der Waals surface area contributed by atoms with Crippen molar-refractivity contribution in [2.75, 3.05) is 13.4 Å². The number of pyridine rings is 1. The second kappa shape index (κ2) is 6.55. The summed E-state index contributed by atoms with van der Waals surface area (Å²) in [7, 11) is -1.57. The van der Waals surface area contributed by atoms with Crippen LogP contribution >= 0.6 is 0 Å². The predicted molar refractivity (Wildman–Crippen MR) is 107 cm³/mol. The van der Waals surface area contributed by atoms with Crippen LogP contribution in [0.2, 0.25) is 0 Å². The van der Waals surface area contributed by atoms with Gasteiger partial charge in [-0.2, -0.15) is 0 Å². The summed E-state index contributed by atoms with van der Waals surface area (Å²) < 4.78 is 28.6. The van der Waals surface area contributed by atoms with Crippen LogP contribution in [-0.4, -0.2) is 31.8 Å². The van der Waals surface area contributed by atoms with E-state index in [2.05, 4.69) is 16.0 Å². The molecular formula is C21H18N2O3S. The van der Waals surface area contributed by atoms with Gasteiger partial charge in [-0.3, -0.25) is 0 Å². The van der Waals surface area contributed by atoms with Gasteiger partial charge in [0.1, 0.15) is 11.4 Å². The summed E-state index contributed by atoms with van der Waals surface area (Å²) >= 11 is 0. The number of methoxy groups -OCH3 is 1. The summed E-state index contributed by atoms with van der Waals surface area (Å²) in [6, 6.07) is 16.8. The number of nitrogens with zero attached hydrogens (tertiary/aromatic N) is 1. The van der Waals surface area contributed by atoms with Gasteiger partial charge in [0.2, 0.25) is 0 Å². The zero-order valence-corrected chi connectivity index (χ0v) is 15.7. The van der Waals surface area contributed by atoms with Gasteiger partial charge in [-0.25, -0.2) is 13.4 Å². The molecule has 0 saturated carbocycles. The van der Waals surface area contributed by atoms with Crippen molar-refractivity contribution in [1.82, 2.24) is 9.97 Å². The minimum absolute atomic E-state index is 0.307. The van der Waals surface area contributed by atoms with Crippen molar-refractivity contribution in [2.24, 2.45) is 0 Å². The molecule has 0 aliphatic carbocycles. The molecule has 4 aromatic rings. The van der Waals surface area contributed by atoms with E-state index in [4.69, 9.17) is 4.74 Å². The van der Waals surface area contributed by atoms with Crippen molar-refractivity contribution in [3.8, 4) is 28.0 Å². The maximum absolute atomic E-state index is 11.7. The monoisotopic (exact) mass is 378 g/mol. The van der Waals surface area contributed by atoms with E-state index in [-0.39, 0.29) is 0 Å². The van der Waals surface area contributed by atoms with Gasteiger partial charge in [-0.05, 0) is 41.5 Å². The number of nitrogens with one attached hydrogen (secondary N) is 1. The Bertz CT molecular complexity index is 1230. The summed E-state index contributed by atoms with van der Waals surface area (Å²) in [5.74, 6) is 0.790. The Balaban J connectivity index is 1.80. The fourth-order valence-corrected chi connectivity index (χ4v) is 3.71. The maximum Gasteiger partial charge on any atom is 0.175 e. The zero-order valence-electron chi connectivity index (χ0n) is 14.9. The van der Waals surface area contributed by atoms with Gasteiger partial charge in [0.05, 0.1) is 12.0 Å². The number of aromatic nitrogens is 2. The van der Waals surface area contributed by atoms with Crippen molar-refractivity contribution in [3.63, 3.8) is 0 Å². The SMILES string of the molecule is COc1cccc(-c2cnc3[nH]cc(-c4ccc(S(C)(=O)=O)cc4)c3c2)c1. The average Bonchev–Trinajstić information content (AvgIpc) is 3.10. The molecule has 0 atom stereocenters. The lowest BCUT2D eigenvalue weighted by Gasteiger charge is -2.06. The van der Waals surface area contributed by atoms with Crippen LogP contribution in [0.3, 0.4) is 0 Å². The van der Waals surface area contributed by atoms with Crippen molar-refractivity contribution >= 4 is 20.9 Å². The average molecular weight is 378 g/mol. The molecule has 1 N–H and O–H groups in total. The van der Waals surface area contributed by atoms with E-state index in [0.29, 0.717) is 4.90 Å². The van der Waals surface area contributed by atoms with E-state index in [1.807, 2.05) is 48.8 Å². The highest BCUT2D eigenvalue weighted by Gasteiger charge is 2.11. The van der Waals surface area contributed by atoms with E-state index >= 15 is 0 Å². The number of hydrogen-bond donors (Lipinski definition) is 1. The minimum atomic E-state index is -3.21. The predicted octanol–water partition coefficient (Wildman–Crippen LogP) is 4.31. The molecule has 4 rings (SSSR count). The molecule has 0 amide bonds. The van der Waals surface area contributed by atoms with Gasteiger partial charge in [-0.15, -0.1) is 0 Å². The van der Waals surface area contributed by atoms with Crippen molar-refractivity contribution in [2.45, 2.75) is 4.90 Å². The fraction of sp³-hybridized carbons (Fsp3) is 0.0952. The molecule has 2 heterocycles. The highest BCUT2D eigenvalue weighted by Crippen LogP contribution is 2.32. The Labute approximate surface area is 157 Å². The first kappa shape index (κ1) is 17.3. The van der Waals surface area contributed by atoms with Crippen LogP contribution in [-0.2, 0) is 9.84 Å². The molecule has 136 valence electrons. The maximum atomic E-state index is 11.7. The summed E-state index contributed by atoms with van der Waals surface area (Å²) in [6.07, 6.45) is 4.92. The van der Waals surface area contributed by atoms with Crippen LogP contribution in [0.1, 0.15) is 0 Å². The molecule has 6 heteroatoms. The largest absolute Gasteiger partial charge is 0.497 e. The van der Waals surface area contributed by atoms with Crippen LogP contribution in [0.4, 0.5) is 0 Å². The van der Waals surface area contributed by atoms with Gasteiger partial charge in [-0.1, -0.05) is 24.3 Å². The number of benzene rings is 2. The van der Waals surface area contributed by atoms with Crippen molar-refractivity contribution in [3.05, 3.63) is 67.0 Å². The zero-order chi connectivity index (χ0) is 19.0. The van der Waals surface area contributed by atoms with Gasteiger partial charge in [0, 0.05) is 35.2 Å². The molecule has 2 aromatic heterocycles. The number of fused-ring (bicyclic) bond motifs is 1. The Hall–Kier alpha value is -3.12. The molecule has 5 nitrogen and oxygen atoms in total. The molecule has 0 radical (unpaired) electrons. The van der Waals surface area contributed by atoms with Crippen LogP contribution in [0.5, 0.6) is 5.75 Å². The number of sulfone groups is 1. The van der Waals surface area contributed by atoms with E-state index < -0.39 is 9.84 Å². The summed E-state index contributed by atoms with van der Waals surface area (Å²) in [6.45, 7) is 0. The van der Waals surface area contributed by atoms with Crippen LogP contribution in [0.25, 0.3) is 33.3 Å². The molecule has 0 aliphatic rings. The number of aromatic amines is 1. The molecule has 0 bridgehead atoms. The van der Waals surface area contributed by atoms with Gasteiger partial charge >= 0.3 is 0 Å². The quantitative estimate of drug-likeness (QED) is 0.574. The van der Waals surface area contributed by atoms with Gasteiger partial charge in [0.15, 0.2) is 9.84 Å². The number of hydrogen-bond acceptors (Lipinski definition) is 4. The lowest BCUT2D eigenvalue weighted by atomic mass is 10.0. The topological polar surface area (TPSA) is 72.0 Å². The Morgan fingerprint density at radius 3 is 2.44 bits per heavy atom. The first-order valence-corrected chi connectivity index (χ1v) is 10.3. The third-order valence-electron chi connectivity index (χ3n) is 4.53. The minimum Gasteiger partial charge on any atom is -0.497 e. The van der Waals surface area contributed by atoms with E-state index in [1.165, 1.54) is 6.26 Å². The summed E-state index contributed by atoms with van der Waals surface area (Å²) in [5.41, 5.74) is 4.68. The van der Waals surface area contributed by atoms with E-state index in [0.717, 1.165) is 39.0 Å². The smallest absolute Gasteiger partial charge is 0.175 e. The first-order valence-electron chi connectivity index (χ1n) is 8.38. The van der Waals surface area contributed by atoms with Crippen molar-refractivity contribution in [1.29, 1.82) is 0 Å². The van der Waals surface area contributed by atoms with E-state index in [9.17, 15) is 8.42 Å². The third-order valence-corrected chi connectivity index (χ3v) is 5.66. The fourth-order valence-electron chi connectivity index (χ4n) is 3.08. The van der Waals surface area contributed by atoms with Crippen molar-refractivity contribution < 1.29 is 13.2 Å². The molecular weight excluding hydrogens is 360 g/mol.